The molecule has 1 heterocycles. The van der Waals surface area contributed by atoms with Crippen molar-refractivity contribution in [3.05, 3.63) is 47.3 Å². The van der Waals surface area contributed by atoms with E-state index in [1.807, 2.05) is 19.9 Å². The smallest absolute Gasteiger partial charge is 0.374 e. The highest BCUT2D eigenvalue weighted by Crippen LogP contribution is 2.33. The monoisotopic (exact) mass is 369 g/mol. The molecule has 8 heteroatoms. The van der Waals surface area contributed by atoms with Crippen molar-refractivity contribution in [2.45, 2.75) is 52.6 Å². The van der Waals surface area contributed by atoms with Crippen LogP contribution in [0.1, 0.15) is 55.4 Å². The number of nitrogens with zero attached hydrogens (tertiary/aromatic N) is 2. The average molecular weight is 369 g/mol. The van der Waals surface area contributed by atoms with Gasteiger partial charge in [0.25, 0.3) is 5.91 Å². The third kappa shape index (κ3) is 4.85. The molecule has 0 spiro atoms. The van der Waals surface area contributed by atoms with E-state index in [-0.39, 0.29) is 6.10 Å². The first-order chi connectivity index (χ1) is 12.1. The third-order valence-electron chi connectivity index (χ3n) is 3.57. The molecule has 1 aromatic carbocycles. The summed E-state index contributed by atoms with van der Waals surface area (Å²) in [5.41, 5.74) is -0.352. The van der Waals surface area contributed by atoms with Crippen LogP contribution in [0.3, 0.4) is 0 Å². The molecule has 0 unspecified atom stereocenters. The first-order valence-corrected chi connectivity index (χ1v) is 8.26. The maximum absolute atomic E-state index is 13.4. The molecule has 2 aromatic rings. The van der Waals surface area contributed by atoms with Gasteiger partial charge in [-0.1, -0.05) is 12.1 Å². The summed E-state index contributed by atoms with van der Waals surface area (Å²) in [6.45, 7) is 7.29. The molecule has 0 saturated heterocycles. The summed E-state index contributed by atoms with van der Waals surface area (Å²) in [5.74, 6) is -0.855. The second-order valence-corrected chi connectivity index (χ2v) is 6.46. The van der Waals surface area contributed by atoms with E-state index in [2.05, 4.69) is 10.4 Å². The Morgan fingerprint density at radius 3 is 2.54 bits per heavy atom. The van der Waals surface area contributed by atoms with Crippen LogP contribution in [0, 0.1) is 0 Å². The Hall–Kier alpha value is -2.35. The zero-order valence-electron chi connectivity index (χ0n) is 15.1. The lowest BCUT2D eigenvalue weighted by molar-refractivity contribution is -0.145. The quantitative estimate of drug-likeness (QED) is 0.806. The van der Waals surface area contributed by atoms with Gasteiger partial charge in [0.2, 0.25) is 0 Å². The van der Waals surface area contributed by atoms with Gasteiger partial charge < -0.3 is 10.1 Å². The average Bonchev–Trinajstić information content (AvgIpc) is 2.99. The van der Waals surface area contributed by atoms with Crippen molar-refractivity contribution in [1.29, 1.82) is 0 Å². The molecule has 1 aromatic heterocycles. The lowest BCUT2D eigenvalue weighted by Crippen LogP contribution is -2.22. The van der Waals surface area contributed by atoms with Crippen molar-refractivity contribution in [1.82, 2.24) is 9.78 Å². The van der Waals surface area contributed by atoms with Gasteiger partial charge in [0, 0.05) is 11.7 Å². The van der Waals surface area contributed by atoms with Crippen molar-refractivity contribution >= 4 is 11.6 Å². The molecule has 1 amide bonds. The Balaban J connectivity index is 2.24. The van der Waals surface area contributed by atoms with Crippen LogP contribution in [-0.4, -0.2) is 21.8 Å². The molecule has 0 bridgehead atoms. The summed E-state index contributed by atoms with van der Waals surface area (Å²) >= 11 is 0. The second-order valence-electron chi connectivity index (χ2n) is 6.46. The number of rotatable bonds is 6. The largest absolute Gasteiger partial charge is 0.433 e. The lowest BCUT2D eigenvalue weighted by atomic mass is 10.1. The van der Waals surface area contributed by atoms with E-state index in [0.29, 0.717) is 12.3 Å². The van der Waals surface area contributed by atoms with Crippen molar-refractivity contribution in [2.24, 2.45) is 0 Å². The molecule has 0 radical (unpaired) electrons. The van der Waals surface area contributed by atoms with Gasteiger partial charge in [-0.3, -0.25) is 9.48 Å². The maximum atomic E-state index is 13.4. The minimum absolute atomic E-state index is 0.0458. The van der Waals surface area contributed by atoms with Crippen molar-refractivity contribution < 1.29 is 22.7 Å². The number of aromatic nitrogens is 2. The third-order valence-corrected chi connectivity index (χ3v) is 3.57. The molecule has 0 saturated carbocycles. The van der Waals surface area contributed by atoms with Gasteiger partial charge in [-0.15, -0.1) is 0 Å². The van der Waals surface area contributed by atoms with Gasteiger partial charge in [0.15, 0.2) is 5.69 Å². The first-order valence-electron chi connectivity index (χ1n) is 8.26. The molecule has 2 rings (SSSR count). The Kier molecular flexibility index (Phi) is 6.07. The minimum Gasteiger partial charge on any atom is -0.374 e. The van der Waals surface area contributed by atoms with Gasteiger partial charge in [0.05, 0.1) is 24.5 Å². The number of amides is 1. The number of halogens is 3. The molecule has 1 N–H and O–H groups in total. The summed E-state index contributed by atoms with van der Waals surface area (Å²) in [4.78, 5) is 12.4. The Morgan fingerprint density at radius 2 is 1.96 bits per heavy atom. The molecular weight excluding hydrogens is 347 g/mol. The molecule has 0 fully saturated rings. The van der Waals surface area contributed by atoms with Crippen molar-refractivity contribution in [3.63, 3.8) is 0 Å². The van der Waals surface area contributed by atoms with Crippen LogP contribution in [0.4, 0.5) is 18.9 Å². The van der Waals surface area contributed by atoms with Gasteiger partial charge in [0.1, 0.15) is 0 Å². The molecule has 0 aliphatic rings. The van der Waals surface area contributed by atoms with E-state index in [1.54, 1.807) is 32.0 Å². The topological polar surface area (TPSA) is 56.1 Å². The zero-order chi connectivity index (χ0) is 19.5. The van der Waals surface area contributed by atoms with Gasteiger partial charge in [-0.2, -0.15) is 18.3 Å². The van der Waals surface area contributed by atoms with Crippen LogP contribution in [0.5, 0.6) is 0 Å². The van der Waals surface area contributed by atoms with E-state index < -0.39 is 29.4 Å². The van der Waals surface area contributed by atoms with Crippen molar-refractivity contribution in [3.8, 4) is 0 Å². The van der Waals surface area contributed by atoms with Gasteiger partial charge in [-0.05, 0) is 45.4 Å². The van der Waals surface area contributed by atoms with Crippen LogP contribution in [-0.2, 0) is 17.5 Å². The fourth-order valence-electron chi connectivity index (χ4n) is 2.40. The number of ether oxygens (including phenoxy) is 1. The molecule has 0 aliphatic carbocycles. The Morgan fingerprint density at radius 1 is 1.27 bits per heavy atom. The highest BCUT2D eigenvalue weighted by molar-refractivity contribution is 6.05. The number of alkyl halides is 3. The fraction of sp³-hybridized carbons (Fsp3) is 0.444. The highest BCUT2D eigenvalue weighted by Gasteiger charge is 2.40. The number of hydrogen-bond acceptors (Lipinski definition) is 3. The van der Waals surface area contributed by atoms with E-state index in [4.69, 9.17) is 4.74 Å². The first kappa shape index (κ1) is 20.0. The summed E-state index contributed by atoms with van der Waals surface area (Å²) in [5, 5.41) is 6.23. The van der Waals surface area contributed by atoms with Crippen LogP contribution < -0.4 is 5.32 Å². The van der Waals surface area contributed by atoms with Crippen LogP contribution >= 0.6 is 0 Å². The summed E-state index contributed by atoms with van der Waals surface area (Å²) in [6.07, 6.45) is -3.69. The molecule has 0 aliphatic heterocycles. The number of hydrogen-bond donors (Lipinski definition) is 1. The number of carbonyl (C=O) groups excluding carboxylic acids is 1. The normalized spacial score (nSPS) is 12.0. The number of benzene rings is 1. The molecule has 142 valence electrons. The fourth-order valence-corrected chi connectivity index (χ4v) is 2.40. The van der Waals surface area contributed by atoms with Gasteiger partial charge in [-0.25, -0.2) is 0 Å². The van der Waals surface area contributed by atoms with E-state index in [9.17, 15) is 18.0 Å². The zero-order valence-corrected chi connectivity index (χ0v) is 15.1. The Labute approximate surface area is 150 Å². The van der Waals surface area contributed by atoms with Crippen LogP contribution in [0.2, 0.25) is 0 Å². The summed E-state index contributed by atoms with van der Waals surface area (Å²) in [7, 11) is 0. The summed E-state index contributed by atoms with van der Waals surface area (Å²) < 4.78 is 46.5. The number of carbonyl (C=O) groups is 1. The predicted octanol–water partition coefficient (Wildman–Crippen LogP) is 4.66. The van der Waals surface area contributed by atoms with E-state index >= 15 is 0 Å². The van der Waals surface area contributed by atoms with Gasteiger partial charge >= 0.3 is 6.18 Å². The van der Waals surface area contributed by atoms with Crippen LogP contribution in [0.25, 0.3) is 0 Å². The summed E-state index contributed by atoms with van der Waals surface area (Å²) in [6, 6.07) is 6.27. The molecule has 26 heavy (non-hydrogen) atoms. The SMILES string of the molecule is CC(C)OCc1cccc(NC(=O)c2cnn(C(C)C)c2C(F)(F)F)c1. The molecule has 5 nitrogen and oxygen atoms in total. The predicted molar refractivity (Wildman–Crippen MR) is 91.9 cm³/mol. The number of nitrogens with one attached hydrogen (secondary N) is 1. The second kappa shape index (κ2) is 7.90. The molecule has 0 atom stereocenters. The number of anilines is 1. The maximum Gasteiger partial charge on any atom is 0.433 e. The Bertz CT molecular complexity index is 767. The van der Waals surface area contributed by atoms with E-state index in [0.717, 1.165) is 16.4 Å². The van der Waals surface area contributed by atoms with Crippen LogP contribution in [0.15, 0.2) is 30.5 Å². The van der Waals surface area contributed by atoms with Crippen molar-refractivity contribution in [2.75, 3.05) is 5.32 Å². The minimum atomic E-state index is -4.68. The lowest BCUT2D eigenvalue weighted by Gasteiger charge is -2.15. The standard InChI is InChI=1S/C18H22F3N3O2/c1-11(2)24-16(18(19,20)21)15(9-22-24)17(25)23-14-7-5-6-13(8-14)10-26-12(3)4/h5-9,11-12H,10H2,1-4H3,(H,23,25). The van der Waals surface area contributed by atoms with E-state index in [1.165, 1.54) is 0 Å². The molecular formula is C18H22F3N3O2. The highest BCUT2D eigenvalue weighted by atomic mass is 19.4.